The largest absolute Gasteiger partial charge is 0.512 e. The lowest BCUT2D eigenvalue weighted by atomic mass is 9.91. The third-order valence-corrected chi connectivity index (χ3v) is 2.21. The minimum atomic E-state index is -0.115. The number of allylic oxidation sites excluding steroid dienone is 5. The molecule has 1 unspecified atom stereocenters. The molecule has 1 aliphatic heterocycles. The summed E-state index contributed by atoms with van der Waals surface area (Å²) in [5, 5.41) is 18.6. The Kier molecular flexibility index (Phi) is 1.65. The van der Waals surface area contributed by atoms with Crippen LogP contribution in [0.3, 0.4) is 0 Å². The number of aliphatic hydroxyl groups excluding tert-OH is 2. The van der Waals surface area contributed by atoms with Gasteiger partial charge in [0.1, 0.15) is 12.0 Å². The maximum absolute atomic E-state index is 9.42. The molecule has 0 amide bonds. The monoisotopic (exact) mass is 178 g/mol. The zero-order chi connectivity index (χ0) is 9.42. The van der Waals surface area contributed by atoms with Gasteiger partial charge in [-0.25, -0.2) is 0 Å². The lowest BCUT2D eigenvalue weighted by molar-refractivity contribution is 0.287. The minimum Gasteiger partial charge on any atom is -0.512 e. The fourth-order valence-corrected chi connectivity index (χ4v) is 1.39. The molecule has 0 aromatic carbocycles. The summed E-state index contributed by atoms with van der Waals surface area (Å²) >= 11 is 0. The van der Waals surface area contributed by atoms with Crippen LogP contribution in [0.15, 0.2) is 47.3 Å². The molecule has 1 aliphatic carbocycles. The molecular weight excluding hydrogens is 168 g/mol. The van der Waals surface area contributed by atoms with E-state index < -0.39 is 0 Å². The summed E-state index contributed by atoms with van der Waals surface area (Å²) in [6, 6.07) is 0. The van der Waals surface area contributed by atoms with E-state index in [1.807, 2.05) is 6.92 Å². The van der Waals surface area contributed by atoms with Crippen LogP contribution in [0, 0.1) is 5.92 Å². The van der Waals surface area contributed by atoms with Crippen LogP contribution in [0.25, 0.3) is 0 Å². The van der Waals surface area contributed by atoms with E-state index in [1.54, 1.807) is 18.2 Å². The molecule has 3 heteroatoms. The Morgan fingerprint density at radius 1 is 1.31 bits per heavy atom. The molecule has 0 aromatic heterocycles. The highest BCUT2D eigenvalue weighted by molar-refractivity contribution is 5.44. The van der Waals surface area contributed by atoms with Gasteiger partial charge in [0, 0.05) is 11.5 Å². The normalized spacial score (nSPS) is 26.1. The summed E-state index contributed by atoms with van der Waals surface area (Å²) in [5.41, 5.74) is 0.806. The first kappa shape index (κ1) is 7.98. The standard InChI is InChI=1S/C10H10O3/c1-6-8-4-7(11)5-13-10(8)3-2-9(6)12/h2-6,11-12H,1H3. The number of hydrogen-bond donors (Lipinski definition) is 2. The summed E-state index contributed by atoms with van der Waals surface area (Å²) in [7, 11) is 0. The van der Waals surface area contributed by atoms with Crippen molar-refractivity contribution in [3.05, 3.63) is 47.3 Å². The molecule has 0 fully saturated rings. The highest BCUT2D eigenvalue weighted by Gasteiger charge is 2.23. The summed E-state index contributed by atoms with van der Waals surface area (Å²) in [6.07, 6.45) is 6.17. The fraction of sp³-hybridized carbons (Fsp3) is 0.200. The van der Waals surface area contributed by atoms with Crippen molar-refractivity contribution >= 4 is 0 Å². The molecule has 2 rings (SSSR count). The highest BCUT2D eigenvalue weighted by Crippen LogP contribution is 2.33. The fourth-order valence-electron chi connectivity index (χ4n) is 1.39. The number of ether oxygens (including phenoxy) is 1. The van der Waals surface area contributed by atoms with Crippen molar-refractivity contribution in [3.63, 3.8) is 0 Å². The van der Waals surface area contributed by atoms with Crippen LogP contribution in [0.4, 0.5) is 0 Å². The molecule has 2 N–H and O–H groups in total. The molecule has 0 saturated carbocycles. The maximum atomic E-state index is 9.42. The summed E-state index contributed by atoms with van der Waals surface area (Å²) < 4.78 is 5.14. The molecule has 68 valence electrons. The van der Waals surface area contributed by atoms with Crippen molar-refractivity contribution in [1.82, 2.24) is 0 Å². The van der Waals surface area contributed by atoms with Crippen molar-refractivity contribution in [2.24, 2.45) is 5.92 Å². The van der Waals surface area contributed by atoms with Crippen LogP contribution < -0.4 is 0 Å². The van der Waals surface area contributed by atoms with Gasteiger partial charge >= 0.3 is 0 Å². The Morgan fingerprint density at radius 3 is 2.85 bits per heavy atom. The second-order valence-electron chi connectivity index (χ2n) is 3.10. The van der Waals surface area contributed by atoms with Crippen molar-refractivity contribution in [1.29, 1.82) is 0 Å². The Balaban J connectivity index is 2.43. The molecule has 0 spiro atoms. The second-order valence-corrected chi connectivity index (χ2v) is 3.10. The average molecular weight is 178 g/mol. The van der Waals surface area contributed by atoms with E-state index in [2.05, 4.69) is 0 Å². The molecule has 0 radical (unpaired) electrons. The number of fused-ring (bicyclic) bond motifs is 1. The first-order valence-electron chi connectivity index (χ1n) is 4.07. The van der Waals surface area contributed by atoms with Gasteiger partial charge < -0.3 is 14.9 Å². The van der Waals surface area contributed by atoms with Gasteiger partial charge in [0.05, 0.1) is 5.76 Å². The molecule has 13 heavy (non-hydrogen) atoms. The van der Waals surface area contributed by atoms with Crippen LogP contribution in [0.2, 0.25) is 0 Å². The van der Waals surface area contributed by atoms with Gasteiger partial charge in [0.25, 0.3) is 0 Å². The Bertz CT molecular complexity index is 358. The molecule has 1 atom stereocenters. The van der Waals surface area contributed by atoms with Crippen LogP contribution in [-0.2, 0) is 4.74 Å². The zero-order valence-electron chi connectivity index (χ0n) is 7.19. The molecule has 2 aliphatic rings. The minimum absolute atomic E-state index is 0.0775. The molecule has 1 heterocycles. The van der Waals surface area contributed by atoms with Gasteiger partial charge in [-0.3, -0.25) is 0 Å². The van der Waals surface area contributed by atoms with Crippen molar-refractivity contribution < 1.29 is 14.9 Å². The van der Waals surface area contributed by atoms with Crippen molar-refractivity contribution in [2.45, 2.75) is 6.92 Å². The average Bonchev–Trinajstić information content (AvgIpc) is 2.12. The lowest BCUT2D eigenvalue weighted by Crippen LogP contribution is -2.12. The topological polar surface area (TPSA) is 49.7 Å². The molecule has 0 bridgehead atoms. The number of hydrogen-bond acceptors (Lipinski definition) is 3. The van der Waals surface area contributed by atoms with Gasteiger partial charge in [0.15, 0.2) is 5.76 Å². The third-order valence-electron chi connectivity index (χ3n) is 2.21. The van der Waals surface area contributed by atoms with Gasteiger partial charge in [-0.05, 0) is 18.2 Å². The third kappa shape index (κ3) is 1.22. The van der Waals surface area contributed by atoms with Gasteiger partial charge in [-0.1, -0.05) is 6.92 Å². The summed E-state index contributed by atoms with van der Waals surface area (Å²) in [5.74, 6) is 0.931. The van der Waals surface area contributed by atoms with Gasteiger partial charge in [-0.2, -0.15) is 0 Å². The SMILES string of the molecule is CC1C(O)=CC=C2OC=C(O)C=C21. The van der Waals surface area contributed by atoms with Crippen LogP contribution >= 0.6 is 0 Å². The smallest absolute Gasteiger partial charge is 0.151 e. The van der Waals surface area contributed by atoms with E-state index in [9.17, 15) is 10.2 Å². The van der Waals surface area contributed by atoms with E-state index in [-0.39, 0.29) is 17.4 Å². The predicted molar refractivity (Wildman–Crippen MR) is 47.8 cm³/mol. The van der Waals surface area contributed by atoms with E-state index in [1.165, 1.54) is 6.26 Å². The molecule has 3 nitrogen and oxygen atoms in total. The quantitative estimate of drug-likeness (QED) is 0.598. The van der Waals surface area contributed by atoms with E-state index in [0.717, 1.165) is 5.57 Å². The molecule has 0 saturated heterocycles. The number of rotatable bonds is 0. The van der Waals surface area contributed by atoms with E-state index in [4.69, 9.17) is 4.74 Å². The van der Waals surface area contributed by atoms with E-state index >= 15 is 0 Å². The maximum Gasteiger partial charge on any atom is 0.151 e. The first-order valence-corrected chi connectivity index (χ1v) is 4.07. The Labute approximate surface area is 76.0 Å². The number of aliphatic hydroxyl groups is 2. The van der Waals surface area contributed by atoms with Crippen molar-refractivity contribution in [3.8, 4) is 0 Å². The van der Waals surface area contributed by atoms with Crippen LogP contribution in [-0.4, -0.2) is 10.2 Å². The van der Waals surface area contributed by atoms with Gasteiger partial charge in [0.2, 0.25) is 0 Å². The van der Waals surface area contributed by atoms with Gasteiger partial charge in [-0.15, -0.1) is 0 Å². The Hall–Kier alpha value is -1.64. The second kappa shape index (κ2) is 2.69. The highest BCUT2D eigenvalue weighted by atomic mass is 16.5. The summed E-state index contributed by atoms with van der Waals surface area (Å²) in [6.45, 7) is 1.85. The summed E-state index contributed by atoms with van der Waals surface area (Å²) in [4.78, 5) is 0. The lowest BCUT2D eigenvalue weighted by Gasteiger charge is -2.23. The molecular formula is C10H10O3. The predicted octanol–water partition coefficient (Wildman–Crippen LogP) is 2.32. The zero-order valence-corrected chi connectivity index (χ0v) is 7.19. The van der Waals surface area contributed by atoms with Crippen LogP contribution in [0.1, 0.15) is 6.92 Å². The van der Waals surface area contributed by atoms with Crippen LogP contribution in [0.5, 0.6) is 0 Å². The molecule has 0 aromatic rings. The Morgan fingerprint density at radius 2 is 2.08 bits per heavy atom. The van der Waals surface area contributed by atoms with E-state index in [0.29, 0.717) is 5.76 Å². The van der Waals surface area contributed by atoms with Crippen molar-refractivity contribution in [2.75, 3.05) is 0 Å². The first-order chi connectivity index (χ1) is 6.18.